The van der Waals surface area contributed by atoms with Crippen LogP contribution in [-0.4, -0.2) is 33.8 Å². The van der Waals surface area contributed by atoms with Gasteiger partial charge in [0.05, 0.1) is 34.0 Å². The van der Waals surface area contributed by atoms with Crippen LogP contribution < -0.4 is 16.2 Å². The van der Waals surface area contributed by atoms with Crippen LogP contribution >= 0.6 is 11.8 Å². The number of rotatable bonds is 7. The van der Waals surface area contributed by atoms with Crippen molar-refractivity contribution in [2.45, 2.75) is 24.9 Å². The van der Waals surface area contributed by atoms with Gasteiger partial charge in [0, 0.05) is 6.54 Å². The quantitative estimate of drug-likeness (QED) is 0.335. The van der Waals surface area contributed by atoms with Crippen molar-refractivity contribution in [2.75, 3.05) is 12.3 Å². The Bertz CT molecular complexity index is 1200. The third-order valence-corrected chi connectivity index (χ3v) is 5.34. The number of urea groups is 1. The van der Waals surface area contributed by atoms with Crippen molar-refractivity contribution in [2.24, 2.45) is 0 Å². The lowest BCUT2D eigenvalue weighted by Crippen LogP contribution is -2.40. The number of nitrogens with zero attached hydrogens (tertiary/aromatic N) is 3. The standard InChI is InChI=1S/C22H21N5O3S/c1-2-3-12-24-21(30)26-19(28)14-31-22-25-18-7-5-4-6-17(18)20(29)27(22)16-10-8-15(13-23)9-11-16/h4-11H,2-3,12,14H2,1H3,(H2,24,26,28,30). The molecular weight excluding hydrogens is 414 g/mol. The van der Waals surface area contributed by atoms with E-state index in [2.05, 4.69) is 15.6 Å². The molecule has 0 saturated heterocycles. The Kier molecular flexibility index (Phi) is 7.40. The number of nitrogens with one attached hydrogen (secondary N) is 2. The summed E-state index contributed by atoms with van der Waals surface area (Å²) in [7, 11) is 0. The first-order valence-corrected chi connectivity index (χ1v) is 10.7. The Hall–Kier alpha value is -3.64. The molecule has 8 nitrogen and oxygen atoms in total. The number of para-hydroxylation sites is 1. The second-order valence-electron chi connectivity index (χ2n) is 6.66. The van der Waals surface area contributed by atoms with E-state index in [1.54, 1.807) is 48.5 Å². The number of fused-ring (bicyclic) bond motifs is 1. The van der Waals surface area contributed by atoms with E-state index in [0.717, 1.165) is 24.6 Å². The van der Waals surface area contributed by atoms with Crippen molar-refractivity contribution in [1.82, 2.24) is 20.2 Å². The number of nitriles is 1. The molecule has 3 aromatic rings. The maximum atomic E-state index is 13.2. The van der Waals surface area contributed by atoms with Crippen LogP contribution in [0.4, 0.5) is 4.79 Å². The van der Waals surface area contributed by atoms with Gasteiger partial charge in [0.2, 0.25) is 5.91 Å². The fraction of sp³-hybridized carbons (Fsp3) is 0.227. The van der Waals surface area contributed by atoms with Gasteiger partial charge in [0.15, 0.2) is 5.16 Å². The van der Waals surface area contributed by atoms with Crippen LogP contribution in [0.25, 0.3) is 16.6 Å². The lowest BCUT2D eigenvalue weighted by molar-refractivity contribution is -0.117. The van der Waals surface area contributed by atoms with Crippen molar-refractivity contribution < 1.29 is 9.59 Å². The number of amides is 3. The molecule has 0 bridgehead atoms. The molecule has 0 aliphatic rings. The summed E-state index contributed by atoms with van der Waals surface area (Å²) in [6.07, 6.45) is 1.76. The highest BCUT2D eigenvalue weighted by Gasteiger charge is 2.15. The van der Waals surface area contributed by atoms with E-state index >= 15 is 0 Å². The third kappa shape index (κ3) is 5.49. The molecule has 158 valence electrons. The fourth-order valence-electron chi connectivity index (χ4n) is 2.84. The first kappa shape index (κ1) is 22.1. The smallest absolute Gasteiger partial charge is 0.321 e. The number of hydrogen-bond acceptors (Lipinski definition) is 6. The molecule has 0 aliphatic heterocycles. The van der Waals surface area contributed by atoms with E-state index in [4.69, 9.17) is 5.26 Å². The summed E-state index contributed by atoms with van der Waals surface area (Å²) in [5, 5.41) is 14.7. The molecule has 0 spiro atoms. The largest absolute Gasteiger partial charge is 0.338 e. The number of hydrogen-bond donors (Lipinski definition) is 2. The summed E-state index contributed by atoms with van der Waals surface area (Å²) in [5.74, 6) is -0.588. The highest BCUT2D eigenvalue weighted by atomic mass is 32.2. The first-order chi connectivity index (χ1) is 15.0. The van der Waals surface area contributed by atoms with Gasteiger partial charge in [0.1, 0.15) is 0 Å². The monoisotopic (exact) mass is 435 g/mol. The second kappa shape index (κ2) is 10.4. The zero-order chi connectivity index (χ0) is 22.2. The number of thioether (sulfide) groups is 1. The summed E-state index contributed by atoms with van der Waals surface area (Å²) in [6, 6.07) is 15.0. The van der Waals surface area contributed by atoms with E-state index in [-0.39, 0.29) is 11.3 Å². The van der Waals surface area contributed by atoms with Gasteiger partial charge >= 0.3 is 6.03 Å². The minimum Gasteiger partial charge on any atom is -0.338 e. The third-order valence-electron chi connectivity index (χ3n) is 4.40. The highest BCUT2D eigenvalue weighted by Crippen LogP contribution is 2.21. The lowest BCUT2D eigenvalue weighted by Gasteiger charge is -2.13. The zero-order valence-corrected chi connectivity index (χ0v) is 17.7. The molecule has 0 unspecified atom stereocenters. The molecule has 0 atom stereocenters. The molecular formula is C22H21N5O3S. The van der Waals surface area contributed by atoms with Gasteiger partial charge in [-0.2, -0.15) is 5.26 Å². The van der Waals surface area contributed by atoms with Crippen LogP contribution in [0.3, 0.4) is 0 Å². The number of unbranched alkanes of at least 4 members (excludes halogenated alkanes) is 1. The minimum atomic E-state index is -0.546. The molecule has 1 aromatic heterocycles. The van der Waals surface area contributed by atoms with Crippen molar-refractivity contribution in [1.29, 1.82) is 5.26 Å². The summed E-state index contributed by atoms with van der Waals surface area (Å²) >= 11 is 1.05. The summed E-state index contributed by atoms with van der Waals surface area (Å²) < 4.78 is 1.41. The van der Waals surface area contributed by atoms with Crippen LogP contribution in [0.5, 0.6) is 0 Å². The summed E-state index contributed by atoms with van der Waals surface area (Å²) in [5.41, 5.74) is 1.23. The molecule has 0 saturated carbocycles. The van der Waals surface area contributed by atoms with E-state index in [9.17, 15) is 14.4 Å². The molecule has 3 rings (SSSR count). The van der Waals surface area contributed by atoms with Crippen LogP contribution in [-0.2, 0) is 4.79 Å². The molecule has 0 radical (unpaired) electrons. The van der Waals surface area contributed by atoms with Crippen molar-refractivity contribution >= 4 is 34.6 Å². The van der Waals surface area contributed by atoms with E-state index in [1.165, 1.54) is 4.57 Å². The fourth-order valence-corrected chi connectivity index (χ4v) is 3.65. The van der Waals surface area contributed by atoms with Gasteiger partial charge in [-0.05, 0) is 42.8 Å². The van der Waals surface area contributed by atoms with Crippen LogP contribution in [0, 0.1) is 11.3 Å². The number of carbonyl (C=O) groups is 2. The number of aromatic nitrogens is 2. The van der Waals surface area contributed by atoms with Gasteiger partial charge in [-0.25, -0.2) is 9.78 Å². The number of imide groups is 1. The lowest BCUT2D eigenvalue weighted by atomic mass is 10.2. The van der Waals surface area contributed by atoms with E-state index in [0.29, 0.717) is 33.9 Å². The van der Waals surface area contributed by atoms with Crippen LogP contribution in [0.15, 0.2) is 58.5 Å². The average molecular weight is 436 g/mol. The first-order valence-electron chi connectivity index (χ1n) is 9.76. The predicted molar refractivity (Wildman–Crippen MR) is 119 cm³/mol. The van der Waals surface area contributed by atoms with Crippen molar-refractivity contribution in [3.05, 3.63) is 64.4 Å². The van der Waals surface area contributed by atoms with Crippen molar-refractivity contribution in [3.8, 4) is 11.8 Å². The molecule has 1 heterocycles. The van der Waals surface area contributed by atoms with Gasteiger partial charge < -0.3 is 5.32 Å². The Morgan fingerprint density at radius 3 is 2.61 bits per heavy atom. The number of carbonyl (C=O) groups excluding carboxylic acids is 2. The zero-order valence-electron chi connectivity index (χ0n) is 16.9. The molecule has 0 aliphatic carbocycles. The molecule has 9 heteroatoms. The average Bonchev–Trinajstić information content (AvgIpc) is 2.78. The molecule has 31 heavy (non-hydrogen) atoms. The van der Waals surface area contributed by atoms with Gasteiger partial charge in [0.25, 0.3) is 5.56 Å². The van der Waals surface area contributed by atoms with E-state index < -0.39 is 11.9 Å². The predicted octanol–water partition coefficient (Wildman–Crippen LogP) is 2.98. The molecule has 2 aromatic carbocycles. The van der Waals surface area contributed by atoms with Crippen LogP contribution in [0.1, 0.15) is 25.3 Å². The summed E-state index contributed by atoms with van der Waals surface area (Å²) in [6.45, 7) is 2.50. The topological polar surface area (TPSA) is 117 Å². The Morgan fingerprint density at radius 2 is 1.90 bits per heavy atom. The maximum absolute atomic E-state index is 13.2. The van der Waals surface area contributed by atoms with Crippen LogP contribution in [0.2, 0.25) is 0 Å². The van der Waals surface area contributed by atoms with Gasteiger partial charge in [-0.15, -0.1) is 0 Å². The van der Waals surface area contributed by atoms with E-state index in [1.807, 2.05) is 13.0 Å². The SMILES string of the molecule is CCCCNC(=O)NC(=O)CSc1nc2ccccc2c(=O)n1-c1ccc(C#N)cc1. The maximum Gasteiger partial charge on any atom is 0.321 e. The molecule has 0 fully saturated rings. The Labute approximate surface area is 183 Å². The minimum absolute atomic E-state index is 0.0950. The Morgan fingerprint density at radius 1 is 1.16 bits per heavy atom. The van der Waals surface area contributed by atoms with Gasteiger partial charge in [-0.3, -0.25) is 19.5 Å². The number of benzene rings is 2. The Balaban J connectivity index is 1.86. The highest BCUT2D eigenvalue weighted by molar-refractivity contribution is 7.99. The second-order valence-corrected chi connectivity index (χ2v) is 7.60. The van der Waals surface area contributed by atoms with Crippen molar-refractivity contribution in [3.63, 3.8) is 0 Å². The van der Waals surface area contributed by atoms with Gasteiger partial charge in [-0.1, -0.05) is 37.2 Å². The normalized spacial score (nSPS) is 10.5. The molecule has 2 N–H and O–H groups in total. The molecule has 3 amide bonds. The summed E-state index contributed by atoms with van der Waals surface area (Å²) in [4.78, 5) is 41.7.